The summed E-state index contributed by atoms with van der Waals surface area (Å²) in [5.41, 5.74) is 0. The molecule has 0 aromatic heterocycles. The van der Waals surface area contributed by atoms with Crippen LogP contribution in [0.3, 0.4) is 0 Å². The summed E-state index contributed by atoms with van der Waals surface area (Å²) >= 11 is 0. The van der Waals surface area contributed by atoms with Gasteiger partial charge in [0.1, 0.15) is 6.04 Å². The smallest absolute Gasteiger partial charge is 0.245 e. The first-order valence-electron chi connectivity index (χ1n) is 9.29. The van der Waals surface area contributed by atoms with E-state index < -0.39 is 18.0 Å². The lowest BCUT2D eigenvalue weighted by molar-refractivity contribution is -0.147. The molecule has 1 saturated heterocycles. The van der Waals surface area contributed by atoms with Crippen molar-refractivity contribution in [1.82, 2.24) is 9.80 Å². The van der Waals surface area contributed by atoms with Gasteiger partial charge in [-0.15, -0.1) is 0 Å². The highest BCUT2D eigenvalue weighted by Gasteiger charge is 2.39. The summed E-state index contributed by atoms with van der Waals surface area (Å²) in [5, 5.41) is 9.37. The molecule has 0 spiro atoms. The Balaban J connectivity index is 2.92. The van der Waals surface area contributed by atoms with E-state index in [1.807, 2.05) is 20.8 Å². The Labute approximate surface area is 151 Å². The van der Waals surface area contributed by atoms with E-state index in [0.29, 0.717) is 31.7 Å². The van der Waals surface area contributed by atoms with Gasteiger partial charge >= 0.3 is 0 Å². The lowest BCUT2D eigenvalue weighted by Gasteiger charge is -2.34. The molecule has 0 aromatic carbocycles. The molecule has 3 atom stereocenters. The maximum absolute atomic E-state index is 13.0. The molecule has 1 fully saturated rings. The van der Waals surface area contributed by atoms with Crippen molar-refractivity contribution in [3.8, 4) is 0 Å². The number of carbonyl (C=O) groups is 3. The van der Waals surface area contributed by atoms with Gasteiger partial charge in [0.05, 0.1) is 6.04 Å². The molecular weight excluding hydrogens is 318 g/mol. The Kier molecular flexibility index (Phi) is 8.26. The number of nitrogens with zero attached hydrogens (tertiary/aromatic N) is 3. The molecule has 1 heterocycles. The normalized spacial score (nSPS) is 19.6. The zero-order valence-electron chi connectivity index (χ0n) is 16.2. The molecule has 0 saturated carbocycles. The quantitative estimate of drug-likeness (QED) is 0.599. The average molecular weight is 350 g/mol. The molecule has 0 N–H and O–H groups in total. The molecule has 6 nitrogen and oxygen atoms in total. The predicted octanol–water partition coefficient (Wildman–Crippen LogP) is 2.50. The molecule has 0 radical (unpaired) electrons. The summed E-state index contributed by atoms with van der Waals surface area (Å²) in [6, 6.07) is -0.994. The Hall–Kier alpha value is -1.72. The zero-order chi connectivity index (χ0) is 19.1. The van der Waals surface area contributed by atoms with Crippen LogP contribution < -0.4 is 0 Å². The van der Waals surface area contributed by atoms with Crippen molar-refractivity contribution in [2.45, 2.75) is 71.9 Å². The molecule has 1 aliphatic heterocycles. The van der Waals surface area contributed by atoms with Crippen LogP contribution in [0.1, 0.15) is 59.8 Å². The molecule has 0 aromatic rings. The van der Waals surface area contributed by atoms with Gasteiger partial charge < -0.3 is 15.2 Å². The van der Waals surface area contributed by atoms with E-state index >= 15 is 0 Å². The van der Waals surface area contributed by atoms with Crippen molar-refractivity contribution in [3.63, 3.8) is 0 Å². The van der Waals surface area contributed by atoms with Gasteiger partial charge in [-0.25, -0.2) is 6.21 Å². The van der Waals surface area contributed by atoms with Crippen LogP contribution in [0, 0.1) is 11.8 Å². The van der Waals surface area contributed by atoms with Crippen molar-refractivity contribution in [1.29, 1.82) is 0 Å². The molecule has 6 heteroatoms. The topological polar surface area (TPSA) is 80.0 Å². The molecular formula is C19H32N3O3-. The number of amides is 2. The van der Waals surface area contributed by atoms with Gasteiger partial charge in [-0.1, -0.05) is 27.2 Å². The summed E-state index contributed by atoms with van der Waals surface area (Å²) in [7, 11) is 1.65. The first-order chi connectivity index (χ1) is 11.7. The summed E-state index contributed by atoms with van der Waals surface area (Å²) < 4.78 is 0. The highest BCUT2D eigenvalue weighted by atomic mass is 16.2. The first-order valence-corrected chi connectivity index (χ1v) is 9.29. The largest absolute Gasteiger partial charge is 0.814 e. The third kappa shape index (κ3) is 5.38. The lowest BCUT2D eigenvalue weighted by atomic mass is 9.98. The van der Waals surface area contributed by atoms with Crippen LogP contribution in [-0.2, 0) is 14.4 Å². The Bertz CT molecular complexity index is 504. The number of hydrogen-bond acceptors (Lipinski definition) is 3. The maximum atomic E-state index is 13.0. The average Bonchev–Trinajstić information content (AvgIpc) is 3.04. The molecule has 0 aliphatic carbocycles. The van der Waals surface area contributed by atoms with Gasteiger partial charge in [0.25, 0.3) is 0 Å². The van der Waals surface area contributed by atoms with Crippen LogP contribution in [-0.4, -0.2) is 59.3 Å². The van der Waals surface area contributed by atoms with E-state index in [-0.39, 0.29) is 17.6 Å². The molecule has 0 bridgehead atoms. The van der Waals surface area contributed by atoms with Crippen LogP contribution in [0.4, 0.5) is 0 Å². The van der Waals surface area contributed by atoms with Crippen molar-refractivity contribution >= 4 is 23.8 Å². The molecule has 1 rings (SSSR count). The number of carbonyl (C=O) groups excluding carboxylic acids is 3. The Morgan fingerprint density at radius 3 is 2.44 bits per heavy atom. The minimum absolute atomic E-state index is 0.0343. The van der Waals surface area contributed by atoms with E-state index in [4.69, 9.17) is 0 Å². The van der Waals surface area contributed by atoms with Crippen LogP contribution in [0.5, 0.6) is 0 Å². The number of ketones is 1. The van der Waals surface area contributed by atoms with Crippen LogP contribution >= 0.6 is 0 Å². The van der Waals surface area contributed by atoms with Crippen molar-refractivity contribution in [2.75, 3.05) is 13.6 Å². The minimum atomic E-state index is -0.567. The van der Waals surface area contributed by atoms with Crippen LogP contribution in [0.2, 0.25) is 0 Å². The summed E-state index contributed by atoms with van der Waals surface area (Å²) in [4.78, 5) is 40.7. The molecule has 25 heavy (non-hydrogen) atoms. The SMILES string of the molecule is CCC[C@H](C=[N-])C(=O)N1CCC[C@H]1C(=O)N(C)[C@H](CC(C)C)C(C)=O. The van der Waals surface area contributed by atoms with E-state index in [2.05, 4.69) is 0 Å². The maximum Gasteiger partial charge on any atom is 0.245 e. The fourth-order valence-corrected chi connectivity index (χ4v) is 3.50. The van der Waals surface area contributed by atoms with Gasteiger partial charge in [-0.2, -0.15) is 0 Å². The Morgan fingerprint density at radius 2 is 1.96 bits per heavy atom. The third-order valence-corrected chi connectivity index (χ3v) is 4.90. The highest BCUT2D eigenvalue weighted by Crippen LogP contribution is 2.24. The fraction of sp³-hybridized carbons (Fsp3) is 0.789. The summed E-state index contributed by atoms with van der Waals surface area (Å²) in [6.45, 7) is 8.02. The molecule has 0 unspecified atom stereocenters. The fourth-order valence-electron chi connectivity index (χ4n) is 3.50. The van der Waals surface area contributed by atoms with Gasteiger partial charge in [0.2, 0.25) is 11.8 Å². The summed E-state index contributed by atoms with van der Waals surface area (Å²) in [5.74, 6) is -0.684. The second-order valence-corrected chi connectivity index (χ2v) is 7.44. The van der Waals surface area contributed by atoms with E-state index in [9.17, 15) is 19.8 Å². The molecule has 2 amide bonds. The number of Topliss-reactive ketones (excluding diaryl/α,β-unsaturated/α-hetero) is 1. The first kappa shape index (κ1) is 21.3. The predicted molar refractivity (Wildman–Crippen MR) is 99.3 cm³/mol. The molecule has 142 valence electrons. The third-order valence-electron chi connectivity index (χ3n) is 4.90. The van der Waals surface area contributed by atoms with Gasteiger partial charge in [-0.3, -0.25) is 14.4 Å². The molecule has 1 aliphatic rings. The second kappa shape index (κ2) is 9.68. The van der Waals surface area contributed by atoms with E-state index in [0.717, 1.165) is 19.1 Å². The number of rotatable bonds is 9. The monoisotopic (exact) mass is 350 g/mol. The lowest BCUT2D eigenvalue weighted by Crippen LogP contribution is -2.52. The number of likely N-dealkylation sites (tertiary alicyclic amines) is 1. The van der Waals surface area contributed by atoms with Crippen LogP contribution in [0.15, 0.2) is 0 Å². The van der Waals surface area contributed by atoms with Gasteiger partial charge in [0.15, 0.2) is 5.78 Å². The standard InChI is InChI=1S/C19H32N3O3/c1-6-8-15(12-20)18(24)22-10-7-9-16(22)19(25)21(5)17(14(4)23)11-13(2)3/h12-13,15-17H,6-11H2,1-5H3/q-1/t15-,16+,17-/m1/s1. The summed E-state index contributed by atoms with van der Waals surface area (Å²) in [6.07, 6.45) is 4.25. The van der Waals surface area contributed by atoms with Crippen molar-refractivity contribution in [3.05, 3.63) is 5.41 Å². The zero-order valence-corrected chi connectivity index (χ0v) is 16.2. The van der Waals surface area contributed by atoms with E-state index in [1.165, 1.54) is 11.8 Å². The van der Waals surface area contributed by atoms with Crippen molar-refractivity contribution < 1.29 is 14.4 Å². The van der Waals surface area contributed by atoms with Gasteiger partial charge in [0, 0.05) is 19.5 Å². The number of likely N-dealkylation sites (N-methyl/N-ethyl adjacent to an activating group) is 1. The van der Waals surface area contributed by atoms with Crippen LogP contribution in [0.25, 0.3) is 5.41 Å². The van der Waals surface area contributed by atoms with Crippen molar-refractivity contribution in [2.24, 2.45) is 11.8 Å². The van der Waals surface area contributed by atoms with Gasteiger partial charge in [-0.05, 0) is 38.5 Å². The van der Waals surface area contributed by atoms with E-state index in [1.54, 1.807) is 11.9 Å². The minimum Gasteiger partial charge on any atom is -0.814 e. The second-order valence-electron chi connectivity index (χ2n) is 7.44. The Morgan fingerprint density at radius 1 is 1.32 bits per heavy atom. The number of hydrogen-bond donors (Lipinski definition) is 0. The highest BCUT2D eigenvalue weighted by molar-refractivity contribution is 5.98.